The Kier molecular flexibility index (Phi) is 4.79. The van der Waals surface area contributed by atoms with E-state index in [1.54, 1.807) is 12.1 Å². The molecule has 2 fully saturated rings. The van der Waals surface area contributed by atoms with Gasteiger partial charge in [-0.2, -0.15) is 10.1 Å². The van der Waals surface area contributed by atoms with Crippen molar-refractivity contribution in [3.05, 3.63) is 46.6 Å². The van der Waals surface area contributed by atoms with Crippen LogP contribution in [0, 0.1) is 10.6 Å². The molecule has 1 aliphatic heterocycles. The van der Waals surface area contributed by atoms with Gasteiger partial charge in [-0.15, -0.1) is 0 Å². The molecule has 2 aromatic heterocycles. The number of piperidine rings is 1. The summed E-state index contributed by atoms with van der Waals surface area (Å²) in [4.78, 5) is 6.91. The van der Waals surface area contributed by atoms with Crippen molar-refractivity contribution in [1.82, 2.24) is 29.4 Å². The molecule has 0 amide bonds. The van der Waals surface area contributed by atoms with Gasteiger partial charge in [0.05, 0.1) is 12.6 Å². The predicted octanol–water partition coefficient (Wildman–Crippen LogP) is 3.85. The highest BCUT2D eigenvalue weighted by Crippen LogP contribution is 2.39. The van der Waals surface area contributed by atoms with Crippen molar-refractivity contribution in [3.63, 3.8) is 0 Å². The van der Waals surface area contributed by atoms with Crippen LogP contribution in [-0.2, 0) is 13.7 Å². The monoisotopic (exact) mass is 414 g/mol. The maximum atomic E-state index is 13.1. The van der Waals surface area contributed by atoms with Crippen LogP contribution in [0.25, 0.3) is 11.4 Å². The zero-order chi connectivity index (χ0) is 20.0. The van der Waals surface area contributed by atoms with E-state index in [4.69, 9.17) is 21.8 Å². The fraction of sp³-hybridized carbons (Fsp3) is 0.500. The molecule has 0 spiro atoms. The van der Waals surface area contributed by atoms with Crippen LogP contribution in [0.3, 0.4) is 0 Å². The molecular weight excluding hydrogens is 391 g/mol. The van der Waals surface area contributed by atoms with E-state index >= 15 is 0 Å². The summed E-state index contributed by atoms with van der Waals surface area (Å²) in [5.74, 6) is 2.70. The first kappa shape index (κ1) is 18.6. The topological polar surface area (TPSA) is 64.9 Å². The van der Waals surface area contributed by atoms with E-state index in [1.807, 2.05) is 16.3 Å². The normalized spacial score (nSPS) is 20.3. The zero-order valence-corrected chi connectivity index (χ0v) is 17.1. The molecule has 1 saturated carbocycles. The Morgan fingerprint density at radius 3 is 2.72 bits per heavy atom. The van der Waals surface area contributed by atoms with Crippen LogP contribution >= 0.6 is 12.2 Å². The van der Waals surface area contributed by atoms with Crippen molar-refractivity contribution in [2.24, 2.45) is 7.05 Å². The molecule has 3 aromatic rings. The van der Waals surface area contributed by atoms with Gasteiger partial charge in [-0.25, -0.2) is 9.07 Å². The van der Waals surface area contributed by atoms with Crippen LogP contribution in [0.5, 0.6) is 0 Å². The highest BCUT2D eigenvalue weighted by Gasteiger charge is 2.30. The van der Waals surface area contributed by atoms with Crippen LogP contribution in [0.2, 0.25) is 0 Å². The van der Waals surface area contributed by atoms with Crippen molar-refractivity contribution in [1.29, 1.82) is 0 Å². The number of halogens is 1. The van der Waals surface area contributed by atoms with E-state index in [0.717, 1.165) is 42.1 Å². The lowest BCUT2D eigenvalue weighted by Gasteiger charge is -2.30. The summed E-state index contributed by atoms with van der Waals surface area (Å²) in [6.07, 6.45) is 4.47. The van der Waals surface area contributed by atoms with Gasteiger partial charge in [0.15, 0.2) is 4.77 Å². The molecule has 152 valence electrons. The molecular formula is C20H23FN6OS. The van der Waals surface area contributed by atoms with E-state index in [9.17, 15) is 4.39 Å². The predicted molar refractivity (Wildman–Crippen MR) is 107 cm³/mol. The van der Waals surface area contributed by atoms with Crippen LogP contribution in [0.4, 0.5) is 4.39 Å². The summed E-state index contributed by atoms with van der Waals surface area (Å²) >= 11 is 5.59. The number of rotatable bonds is 5. The fourth-order valence-electron chi connectivity index (χ4n) is 3.99. The molecule has 7 nitrogen and oxygen atoms in total. The van der Waals surface area contributed by atoms with Crippen LogP contribution in [0.1, 0.15) is 49.2 Å². The summed E-state index contributed by atoms with van der Waals surface area (Å²) in [5, 5.41) is 8.86. The molecule has 3 heterocycles. The molecule has 1 aromatic carbocycles. The van der Waals surface area contributed by atoms with Gasteiger partial charge in [0.1, 0.15) is 11.6 Å². The lowest BCUT2D eigenvalue weighted by molar-refractivity contribution is 0.143. The van der Waals surface area contributed by atoms with Crippen molar-refractivity contribution in [3.8, 4) is 11.4 Å². The molecule has 1 unspecified atom stereocenters. The average molecular weight is 415 g/mol. The van der Waals surface area contributed by atoms with Gasteiger partial charge in [-0.1, -0.05) is 5.16 Å². The standard InChI is InChI=1S/C20H23FN6OS/c1-25-18(14-4-5-14)23-27(20(25)29)12-26-10-2-3-15(11-26)19-22-17(24-28-19)13-6-8-16(21)9-7-13/h6-9,14-15H,2-5,10-12H2,1H3. The molecule has 9 heteroatoms. The van der Waals surface area contributed by atoms with Gasteiger partial charge in [0.25, 0.3) is 0 Å². The minimum atomic E-state index is -0.279. The summed E-state index contributed by atoms with van der Waals surface area (Å²) in [5.41, 5.74) is 0.751. The van der Waals surface area contributed by atoms with Gasteiger partial charge in [-0.05, 0) is 68.7 Å². The van der Waals surface area contributed by atoms with Gasteiger partial charge >= 0.3 is 0 Å². The fourth-order valence-corrected chi connectivity index (χ4v) is 4.18. The smallest absolute Gasteiger partial charge is 0.231 e. The quantitative estimate of drug-likeness (QED) is 0.591. The molecule has 1 saturated heterocycles. The zero-order valence-electron chi connectivity index (χ0n) is 16.3. The molecule has 0 bridgehead atoms. The summed E-state index contributed by atoms with van der Waals surface area (Å²) in [6.45, 7) is 2.49. The third kappa shape index (κ3) is 3.76. The minimum Gasteiger partial charge on any atom is -0.339 e. The van der Waals surface area contributed by atoms with Gasteiger partial charge in [0.2, 0.25) is 11.7 Å². The van der Waals surface area contributed by atoms with Crippen LogP contribution < -0.4 is 0 Å². The van der Waals surface area contributed by atoms with E-state index in [0.29, 0.717) is 24.3 Å². The first-order valence-electron chi connectivity index (χ1n) is 10.0. The second-order valence-electron chi connectivity index (χ2n) is 7.99. The summed E-state index contributed by atoms with van der Waals surface area (Å²) in [7, 11) is 2.01. The first-order chi connectivity index (χ1) is 14.1. The van der Waals surface area contributed by atoms with E-state index in [2.05, 4.69) is 15.0 Å². The summed E-state index contributed by atoms with van der Waals surface area (Å²) in [6, 6.07) is 6.13. The average Bonchev–Trinajstić information content (AvgIpc) is 3.39. The number of hydrogen-bond acceptors (Lipinski definition) is 6. The Hall–Kier alpha value is -2.39. The number of benzene rings is 1. The molecule has 1 aliphatic carbocycles. The lowest BCUT2D eigenvalue weighted by Crippen LogP contribution is -2.36. The van der Waals surface area contributed by atoms with Gasteiger partial charge in [0, 0.05) is 25.1 Å². The third-order valence-electron chi connectivity index (χ3n) is 5.75. The Balaban J connectivity index is 1.29. The summed E-state index contributed by atoms with van der Waals surface area (Å²) < 4.78 is 23.4. The number of aromatic nitrogens is 5. The van der Waals surface area contributed by atoms with Crippen molar-refractivity contribution in [2.45, 2.75) is 44.2 Å². The number of likely N-dealkylation sites (tertiary alicyclic amines) is 1. The van der Waals surface area contributed by atoms with E-state index in [-0.39, 0.29) is 11.7 Å². The Morgan fingerprint density at radius 1 is 1.17 bits per heavy atom. The largest absolute Gasteiger partial charge is 0.339 e. The van der Waals surface area contributed by atoms with Crippen molar-refractivity contribution >= 4 is 12.2 Å². The van der Waals surface area contributed by atoms with E-state index < -0.39 is 0 Å². The Morgan fingerprint density at radius 2 is 1.97 bits per heavy atom. The molecule has 1 atom stereocenters. The SMILES string of the molecule is Cn1c(C2CC2)nn(CN2CCCC(c3nc(-c4ccc(F)cc4)no3)C2)c1=S. The maximum absolute atomic E-state index is 13.1. The molecule has 0 N–H and O–H groups in total. The number of nitrogens with zero attached hydrogens (tertiary/aromatic N) is 6. The number of hydrogen-bond donors (Lipinski definition) is 0. The van der Waals surface area contributed by atoms with Crippen LogP contribution in [0.15, 0.2) is 28.8 Å². The van der Waals surface area contributed by atoms with Crippen molar-refractivity contribution in [2.75, 3.05) is 13.1 Å². The molecule has 2 aliphatic rings. The highest BCUT2D eigenvalue weighted by molar-refractivity contribution is 7.71. The second-order valence-corrected chi connectivity index (χ2v) is 8.36. The van der Waals surface area contributed by atoms with Gasteiger partial charge in [-0.3, -0.25) is 4.90 Å². The molecule has 29 heavy (non-hydrogen) atoms. The highest BCUT2D eigenvalue weighted by atomic mass is 32.1. The second kappa shape index (κ2) is 7.46. The van der Waals surface area contributed by atoms with Crippen LogP contribution in [-0.4, -0.2) is 42.5 Å². The maximum Gasteiger partial charge on any atom is 0.231 e. The molecule has 0 radical (unpaired) electrons. The molecule has 5 rings (SSSR count). The van der Waals surface area contributed by atoms with Gasteiger partial charge < -0.3 is 9.09 Å². The Bertz CT molecular complexity index is 1070. The third-order valence-corrected chi connectivity index (χ3v) is 6.23. The van der Waals surface area contributed by atoms with E-state index in [1.165, 1.54) is 25.0 Å². The first-order valence-corrected chi connectivity index (χ1v) is 10.4. The van der Waals surface area contributed by atoms with Crippen molar-refractivity contribution < 1.29 is 8.91 Å². The lowest BCUT2D eigenvalue weighted by atomic mass is 9.98. The Labute approximate surface area is 173 Å². The minimum absolute atomic E-state index is 0.172.